The van der Waals surface area contributed by atoms with Crippen LogP contribution in [0.3, 0.4) is 0 Å². The van der Waals surface area contributed by atoms with Gasteiger partial charge < -0.3 is 14.7 Å². The number of rotatable bonds is 3. The van der Waals surface area contributed by atoms with Crippen LogP contribution >= 0.6 is 0 Å². The molecule has 4 rings (SSSR count). The van der Waals surface area contributed by atoms with Crippen LogP contribution in [0.15, 0.2) is 6.07 Å². The maximum atomic E-state index is 4.78. The lowest BCUT2D eigenvalue weighted by Crippen LogP contribution is -2.47. The van der Waals surface area contributed by atoms with E-state index in [2.05, 4.69) is 25.8 Å². The summed E-state index contributed by atoms with van der Waals surface area (Å²) in [5.41, 5.74) is 3.64. The van der Waals surface area contributed by atoms with E-state index < -0.39 is 0 Å². The first-order valence-electron chi connectivity index (χ1n) is 9.40. The highest BCUT2D eigenvalue weighted by molar-refractivity contribution is 5.53. The van der Waals surface area contributed by atoms with Crippen molar-refractivity contribution in [3.8, 4) is 0 Å². The van der Waals surface area contributed by atoms with Gasteiger partial charge in [-0.1, -0.05) is 0 Å². The van der Waals surface area contributed by atoms with E-state index in [9.17, 15) is 0 Å². The zero-order valence-corrected chi connectivity index (χ0v) is 16.2. The lowest BCUT2D eigenvalue weighted by molar-refractivity contribution is 0.636. The first kappa shape index (κ1) is 17.0. The van der Waals surface area contributed by atoms with Gasteiger partial charge in [-0.05, 0) is 33.1 Å². The normalized spacial score (nSPS) is 16.8. The Balaban J connectivity index is 1.52. The van der Waals surface area contributed by atoms with Crippen molar-refractivity contribution < 1.29 is 0 Å². The van der Waals surface area contributed by atoms with Crippen LogP contribution < -0.4 is 14.7 Å². The molecule has 26 heavy (non-hydrogen) atoms. The molecule has 0 aromatic carbocycles. The Kier molecular flexibility index (Phi) is 4.38. The molecule has 7 nitrogen and oxygen atoms in total. The number of aryl methyl sites for hydroxylation is 3. The molecule has 2 aromatic heterocycles. The summed E-state index contributed by atoms with van der Waals surface area (Å²) < 4.78 is 0. The molecule has 0 spiro atoms. The molecule has 1 saturated heterocycles. The molecule has 138 valence electrons. The van der Waals surface area contributed by atoms with Gasteiger partial charge in [0.05, 0.1) is 0 Å². The van der Waals surface area contributed by atoms with Crippen LogP contribution in [0.2, 0.25) is 0 Å². The molecule has 0 N–H and O–H groups in total. The van der Waals surface area contributed by atoms with Crippen molar-refractivity contribution in [1.82, 2.24) is 19.9 Å². The molecule has 0 bridgehead atoms. The van der Waals surface area contributed by atoms with Crippen molar-refractivity contribution in [2.24, 2.45) is 0 Å². The Morgan fingerprint density at radius 2 is 1.62 bits per heavy atom. The summed E-state index contributed by atoms with van der Waals surface area (Å²) in [6.07, 6.45) is 3.41. The average Bonchev–Trinajstić information content (AvgIpc) is 3.09. The predicted octanol–water partition coefficient (Wildman–Crippen LogP) is 1.76. The zero-order chi connectivity index (χ0) is 18.3. The Morgan fingerprint density at radius 3 is 2.35 bits per heavy atom. The molecular weight excluding hydrogens is 326 g/mol. The number of piperazine rings is 1. The summed E-state index contributed by atoms with van der Waals surface area (Å²) in [4.78, 5) is 25.4. The van der Waals surface area contributed by atoms with E-state index in [1.165, 1.54) is 17.7 Å². The Bertz CT molecular complexity index is 810. The van der Waals surface area contributed by atoms with Gasteiger partial charge in [-0.2, -0.15) is 4.98 Å². The van der Waals surface area contributed by atoms with E-state index >= 15 is 0 Å². The van der Waals surface area contributed by atoms with Crippen LogP contribution in [-0.4, -0.2) is 60.2 Å². The molecular formula is C19H27N7. The summed E-state index contributed by atoms with van der Waals surface area (Å²) in [6.45, 7) is 7.85. The molecule has 0 amide bonds. The van der Waals surface area contributed by atoms with Gasteiger partial charge in [0.15, 0.2) is 0 Å². The van der Waals surface area contributed by atoms with Crippen molar-refractivity contribution in [1.29, 1.82) is 0 Å². The highest BCUT2D eigenvalue weighted by Crippen LogP contribution is 2.30. The molecule has 3 heterocycles. The SMILES string of the molecule is Cc1cc(N2CCN(c3nc(C)nc4c3CCC4)CC2)nc(N(C)C)n1. The monoisotopic (exact) mass is 353 g/mol. The minimum Gasteiger partial charge on any atom is -0.353 e. The van der Waals surface area contributed by atoms with Gasteiger partial charge in [0, 0.05) is 63.3 Å². The molecule has 0 radical (unpaired) electrons. The third kappa shape index (κ3) is 3.18. The van der Waals surface area contributed by atoms with Gasteiger partial charge in [0.2, 0.25) is 5.95 Å². The summed E-state index contributed by atoms with van der Waals surface area (Å²) >= 11 is 0. The highest BCUT2D eigenvalue weighted by atomic mass is 15.3. The summed E-state index contributed by atoms with van der Waals surface area (Å²) in [7, 11) is 3.96. The van der Waals surface area contributed by atoms with Crippen LogP contribution in [0.1, 0.15) is 29.2 Å². The standard InChI is InChI=1S/C19H27N7/c1-13-12-17(23-19(20-13)24(3)4)25-8-10-26(11-9-25)18-15-6-5-7-16(15)21-14(2)22-18/h12H,5-11H2,1-4H3. The van der Waals surface area contributed by atoms with Gasteiger partial charge >= 0.3 is 0 Å². The van der Waals surface area contributed by atoms with Crippen molar-refractivity contribution in [2.75, 3.05) is 55.0 Å². The van der Waals surface area contributed by atoms with Gasteiger partial charge in [-0.15, -0.1) is 0 Å². The van der Waals surface area contributed by atoms with Crippen LogP contribution in [-0.2, 0) is 12.8 Å². The average molecular weight is 353 g/mol. The molecule has 7 heteroatoms. The third-order valence-electron chi connectivity index (χ3n) is 5.16. The van der Waals surface area contributed by atoms with E-state index in [1.54, 1.807) is 0 Å². The quantitative estimate of drug-likeness (QED) is 0.833. The van der Waals surface area contributed by atoms with Crippen LogP contribution in [0, 0.1) is 13.8 Å². The number of hydrogen-bond donors (Lipinski definition) is 0. The lowest BCUT2D eigenvalue weighted by Gasteiger charge is -2.37. The number of hydrogen-bond acceptors (Lipinski definition) is 7. The maximum absolute atomic E-state index is 4.78. The second-order valence-electron chi connectivity index (χ2n) is 7.41. The van der Waals surface area contributed by atoms with Gasteiger partial charge in [-0.25, -0.2) is 15.0 Å². The first-order chi connectivity index (χ1) is 12.5. The molecule has 1 aliphatic heterocycles. The molecule has 0 unspecified atom stereocenters. The number of fused-ring (bicyclic) bond motifs is 1. The molecule has 1 aliphatic carbocycles. The second kappa shape index (κ2) is 6.70. The smallest absolute Gasteiger partial charge is 0.226 e. The highest BCUT2D eigenvalue weighted by Gasteiger charge is 2.26. The van der Waals surface area contributed by atoms with E-state index in [0.717, 1.165) is 68.1 Å². The minimum atomic E-state index is 0.770. The van der Waals surface area contributed by atoms with Crippen LogP contribution in [0.25, 0.3) is 0 Å². The van der Waals surface area contributed by atoms with E-state index in [-0.39, 0.29) is 0 Å². The molecule has 0 atom stereocenters. The van der Waals surface area contributed by atoms with Crippen LogP contribution in [0.4, 0.5) is 17.6 Å². The van der Waals surface area contributed by atoms with E-state index in [0.29, 0.717) is 0 Å². The van der Waals surface area contributed by atoms with E-state index in [4.69, 9.17) is 9.97 Å². The fraction of sp³-hybridized carbons (Fsp3) is 0.579. The molecule has 2 aliphatic rings. The summed E-state index contributed by atoms with van der Waals surface area (Å²) in [5.74, 6) is 3.85. The summed E-state index contributed by atoms with van der Waals surface area (Å²) in [6, 6.07) is 2.08. The molecule has 2 aromatic rings. The van der Waals surface area contributed by atoms with Crippen molar-refractivity contribution in [2.45, 2.75) is 33.1 Å². The largest absolute Gasteiger partial charge is 0.353 e. The number of anilines is 3. The fourth-order valence-electron chi connectivity index (χ4n) is 3.84. The second-order valence-corrected chi connectivity index (χ2v) is 7.41. The van der Waals surface area contributed by atoms with Gasteiger partial charge in [0.1, 0.15) is 17.5 Å². The van der Waals surface area contributed by atoms with E-state index in [1.807, 2.05) is 32.8 Å². The zero-order valence-electron chi connectivity index (χ0n) is 16.2. The van der Waals surface area contributed by atoms with Crippen molar-refractivity contribution in [3.05, 3.63) is 28.8 Å². The Labute approximate surface area is 155 Å². The molecule has 1 fully saturated rings. The number of nitrogens with zero attached hydrogens (tertiary/aromatic N) is 7. The maximum Gasteiger partial charge on any atom is 0.226 e. The first-order valence-corrected chi connectivity index (χ1v) is 9.40. The van der Waals surface area contributed by atoms with Crippen molar-refractivity contribution in [3.63, 3.8) is 0 Å². The van der Waals surface area contributed by atoms with Gasteiger partial charge in [-0.3, -0.25) is 0 Å². The summed E-state index contributed by atoms with van der Waals surface area (Å²) in [5, 5.41) is 0. The predicted molar refractivity (Wildman–Crippen MR) is 104 cm³/mol. The Hall–Kier alpha value is -2.44. The fourth-order valence-corrected chi connectivity index (χ4v) is 3.84. The van der Waals surface area contributed by atoms with Crippen LogP contribution in [0.5, 0.6) is 0 Å². The van der Waals surface area contributed by atoms with Gasteiger partial charge in [0.25, 0.3) is 0 Å². The lowest BCUT2D eigenvalue weighted by atomic mass is 10.2. The minimum absolute atomic E-state index is 0.770. The topological polar surface area (TPSA) is 61.3 Å². The number of aromatic nitrogens is 4. The third-order valence-corrected chi connectivity index (χ3v) is 5.16. The Morgan fingerprint density at radius 1 is 0.885 bits per heavy atom. The molecule has 0 saturated carbocycles. The van der Waals surface area contributed by atoms with Crippen molar-refractivity contribution >= 4 is 17.6 Å².